The maximum Gasteiger partial charge on any atom is 0.335 e. The predicted molar refractivity (Wildman–Crippen MR) is 111 cm³/mol. The number of ether oxygens (including phenoxy) is 2. The molecule has 0 aliphatic heterocycles. The Morgan fingerprint density at radius 3 is 2.33 bits per heavy atom. The number of hydrogen-bond acceptors (Lipinski definition) is 3. The first-order chi connectivity index (χ1) is 13.1. The van der Waals surface area contributed by atoms with Crippen LogP contribution in [0.3, 0.4) is 0 Å². The summed E-state index contributed by atoms with van der Waals surface area (Å²) in [5.74, 6) is 1.92. The Morgan fingerprint density at radius 1 is 1.04 bits per heavy atom. The van der Waals surface area contributed by atoms with E-state index in [4.69, 9.17) is 9.47 Å². The van der Waals surface area contributed by atoms with Crippen LogP contribution in [0.25, 0.3) is 0 Å². The van der Waals surface area contributed by atoms with Crippen LogP contribution in [0.4, 0.5) is 0 Å². The van der Waals surface area contributed by atoms with Crippen LogP contribution in [0.1, 0.15) is 89.5 Å². The van der Waals surface area contributed by atoms with E-state index < -0.39 is 5.97 Å². The van der Waals surface area contributed by atoms with Crippen LogP contribution >= 0.6 is 0 Å². The third-order valence-corrected chi connectivity index (χ3v) is 5.68. The van der Waals surface area contributed by atoms with Crippen LogP contribution in [-0.2, 0) is 9.53 Å². The van der Waals surface area contributed by atoms with Gasteiger partial charge in [0.2, 0.25) is 6.79 Å². The zero-order chi connectivity index (χ0) is 19.5. The monoisotopic (exact) mass is 372 g/mol. The average molecular weight is 373 g/mol. The second-order valence-corrected chi connectivity index (χ2v) is 7.96. The molecule has 1 saturated carbocycles. The summed E-state index contributed by atoms with van der Waals surface area (Å²) < 4.78 is 10.4. The van der Waals surface area contributed by atoms with Crippen molar-refractivity contribution in [2.45, 2.75) is 84.0 Å². The Kier molecular flexibility index (Phi) is 9.44. The molecule has 0 unspecified atom stereocenters. The highest BCUT2D eigenvalue weighted by Gasteiger charge is 2.22. The first-order valence-electron chi connectivity index (χ1n) is 10.7. The predicted octanol–water partition coefficient (Wildman–Crippen LogP) is 6.78. The molecule has 0 atom stereocenters. The first-order valence-corrected chi connectivity index (χ1v) is 10.7. The Bertz CT molecular complexity index is 568. The van der Waals surface area contributed by atoms with E-state index in [-0.39, 0.29) is 6.79 Å². The number of hydrogen-bond donors (Lipinski definition) is 0. The van der Waals surface area contributed by atoms with Crippen molar-refractivity contribution in [2.24, 2.45) is 5.92 Å². The second-order valence-electron chi connectivity index (χ2n) is 7.96. The molecule has 2 rings (SSSR count). The van der Waals surface area contributed by atoms with Crippen LogP contribution in [0.5, 0.6) is 5.75 Å². The molecule has 0 saturated heterocycles. The summed E-state index contributed by atoms with van der Waals surface area (Å²) in [4.78, 5) is 11.3. The fourth-order valence-electron chi connectivity index (χ4n) is 3.93. The number of rotatable bonds is 11. The minimum absolute atomic E-state index is 0.0750. The van der Waals surface area contributed by atoms with E-state index in [0.717, 1.165) is 11.7 Å². The van der Waals surface area contributed by atoms with Crippen LogP contribution in [0.2, 0.25) is 0 Å². The number of benzene rings is 1. The third-order valence-electron chi connectivity index (χ3n) is 5.68. The second kappa shape index (κ2) is 11.8. The van der Waals surface area contributed by atoms with E-state index in [2.05, 4.69) is 25.6 Å². The SMILES string of the molecule is C=C(C)C(=O)OCOc1ccc(C2CCC(CCCCCCC)CC2)cc1. The molecule has 3 heteroatoms. The quantitative estimate of drug-likeness (QED) is 0.186. The smallest absolute Gasteiger partial charge is 0.335 e. The van der Waals surface area contributed by atoms with Crippen molar-refractivity contribution in [3.05, 3.63) is 42.0 Å². The standard InChI is InChI=1S/C24H36O3/c1-4-5-6-7-8-9-20-10-12-21(13-11-20)22-14-16-23(17-15-22)26-18-27-24(25)19(2)3/h14-17,20-21H,2,4-13,18H2,1,3H3. The van der Waals surface area contributed by atoms with E-state index >= 15 is 0 Å². The first kappa shape index (κ1) is 21.5. The molecule has 0 amide bonds. The lowest BCUT2D eigenvalue weighted by molar-refractivity contribution is -0.145. The van der Waals surface area contributed by atoms with E-state index in [9.17, 15) is 4.79 Å². The molecule has 1 aromatic rings. The van der Waals surface area contributed by atoms with E-state index in [1.54, 1.807) is 6.92 Å². The molecule has 150 valence electrons. The van der Waals surface area contributed by atoms with Gasteiger partial charge in [0.15, 0.2) is 0 Å². The van der Waals surface area contributed by atoms with Crippen molar-refractivity contribution in [2.75, 3.05) is 6.79 Å². The summed E-state index contributed by atoms with van der Waals surface area (Å²) in [5.41, 5.74) is 1.79. The molecule has 0 heterocycles. The fourth-order valence-corrected chi connectivity index (χ4v) is 3.93. The van der Waals surface area contributed by atoms with Gasteiger partial charge in [-0.2, -0.15) is 0 Å². The summed E-state index contributed by atoms with van der Waals surface area (Å²) in [6.45, 7) is 7.37. The molecule has 0 N–H and O–H groups in total. The highest BCUT2D eigenvalue weighted by molar-refractivity contribution is 5.86. The Labute approximate surface area is 165 Å². The highest BCUT2D eigenvalue weighted by Crippen LogP contribution is 2.38. The minimum Gasteiger partial charge on any atom is -0.457 e. The van der Waals surface area contributed by atoms with Gasteiger partial charge in [0.1, 0.15) is 5.75 Å². The van der Waals surface area contributed by atoms with Gasteiger partial charge < -0.3 is 9.47 Å². The molecule has 1 aliphatic rings. The van der Waals surface area contributed by atoms with Crippen LogP contribution in [0, 0.1) is 5.92 Å². The molecule has 1 fully saturated rings. The minimum atomic E-state index is -0.422. The summed E-state index contributed by atoms with van der Waals surface area (Å²) in [6, 6.07) is 8.27. The molecule has 1 aromatic carbocycles. The molecular weight excluding hydrogens is 336 g/mol. The summed E-state index contributed by atoms with van der Waals surface area (Å²) >= 11 is 0. The molecule has 0 aromatic heterocycles. The van der Waals surface area contributed by atoms with Gasteiger partial charge in [-0.05, 0) is 62.1 Å². The maximum absolute atomic E-state index is 11.3. The lowest BCUT2D eigenvalue weighted by Crippen LogP contribution is -2.13. The van der Waals surface area contributed by atoms with Crippen molar-refractivity contribution in [1.82, 2.24) is 0 Å². The average Bonchev–Trinajstić information content (AvgIpc) is 2.69. The van der Waals surface area contributed by atoms with Crippen molar-refractivity contribution >= 4 is 5.97 Å². The third kappa shape index (κ3) is 7.78. The molecule has 27 heavy (non-hydrogen) atoms. The Morgan fingerprint density at radius 2 is 1.70 bits per heavy atom. The lowest BCUT2D eigenvalue weighted by atomic mass is 9.77. The van der Waals surface area contributed by atoms with Gasteiger partial charge in [0.05, 0.1) is 0 Å². The van der Waals surface area contributed by atoms with E-state index in [0.29, 0.717) is 11.5 Å². The number of esters is 1. The largest absolute Gasteiger partial charge is 0.457 e. The maximum atomic E-state index is 11.3. The van der Waals surface area contributed by atoms with Gasteiger partial charge in [0.25, 0.3) is 0 Å². The van der Waals surface area contributed by atoms with E-state index in [1.807, 2.05) is 12.1 Å². The van der Waals surface area contributed by atoms with Gasteiger partial charge in [-0.1, -0.05) is 64.2 Å². The van der Waals surface area contributed by atoms with Crippen molar-refractivity contribution in [3.8, 4) is 5.75 Å². The lowest BCUT2D eigenvalue weighted by Gasteiger charge is -2.29. The van der Waals surface area contributed by atoms with Gasteiger partial charge in [0, 0.05) is 5.57 Å². The highest BCUT2D eigenvalue weighted by atomic mass is 16.7. The van der Waals surface area contributed by atoms with Gasteiger partial charge in [-0.3, -0.25) is 0 Å². The fraction of sp³-hybridized carbons (Fsp3) is 0.625. The molecule has 1 aliphatic carbocycles. The van der Waals surface area contributed by atoms with E-state index in [1.165, 1.54) is 69.8 Å². The van der Waals surface area contributed by atoms with Crippen LogP contribution < -0.4 is 4.74 Å². The van der Waals surface area contributed by atoms with Crippen molar-refractivity contribution in [1.29, 1.82) is 0 Å². The molecular formula is C24H36O3. The molecule has 0 radical (unpaired) electrons. The van der Waals surface area contributed by atoms with Crippen molar-refractivity contribution < 1.29 is 14.3 Å². The number of unbranched alkanes of at least 4 members (excludes halogenated alkanes) is 4. The Hall–Kier alpha value is -1.77. The number of carbonyl (C=O) groups is 1. The molecule has 3 nitrogen and oxygen atoms in total. The molecule has 0 spiro atoms. The zero-order valence-corrected chi connectivity index (χ0v) is 17.2. The zero-order valence-electron chi connectivity index (χ0n) is 17.2. The van der Waals surface area contributed by atoms with Crippen LogP contribution in [-0.4, -0.2) is 12.8 Å². The Balaban J connectivity index is 1.67. The van der Waals surface area contributed by atoms with Crippen LogP contribution in [0.15, 0.2) is 36.4 Å². The summed E-state index contributed by atoms with van der Waals surface area (Å²) in [5, 5.41) is 0. The van der Waals surface area contributed by atoms with Gasteiger partial charge in [-0.15, -0.1) is 0 Å². The van der Waals surface area contributed by atoms with Crippen molar-refractivity contribution in [3.63, 3.8) is 0 Å². The van der Waals surface area contributed by atoms with Gasteiger partial charge in [-0.25, -0.2) is 4.79 Å². The topological polar surface area (TPSA) is 35.5 Å². The normalized spacial score (nSPS) is 19.5. The molecule has 0 bridgehead atoms. The number of carbonyl (C=O) groups excluding carboxylic acids is 1. The summed E-state index contributed by atoms with van der Waals surface area (Å²) in [6.07, 6.45) is 13.7. The van der Waals surface area contributed by atoms with Gasteiger partial charge >= 0.3 is 5.97 Å². The summed E-state index contributed by atoms with van der Waals surface area (Å²) in [7, 11) is 0.